The van der Waals surface area contributed by atoms with Crippen LogP contribution in [0.3, 0.4) is 0 Å². The van der Waals surface area contributed by atoms with Gasteiger partial charge in [0, 0.05) is 11.6 Å². The molecular weight excluding hydrogens is 393 g/mol. The smallest absolute Gasteiger partial charge is 0.200 e. The maximum absolute atomic E-state index is 14.0. The Hall–Kier alpha value is -2.36. The van der Waals surface area contributed by atoms with Crippen molar-refractivity contribution >= 4 is 35.4 Å². The van der Waals surface area contributed by atoms with Gasteiger partial charge in [-0.1, -0.05) is 23.4 Å². The van der Waals surface area contributed by atoms with Crippen LogP contribution in [0.15, 0.2) is 51.2 Å². The number of benzene rings is 1. The number of thioether (sulfide) groups is 1. The number of hydroxylamine groups is 1. The number of aliphatic imine (C=N–C) groups is 1. The summed E-state index contributed by atoms with van der Waals surface area (Å²) in [7, 11) is 0. The number of anilines is 1. The largest absolute Gasteiger partial charge is 0.461 e. The molecule has 3 aromatic rings. The standard InChI is InChI=1S/C17H15ClFN5O2S/c1-2-23-16(14-4-3-7-25-14)21-22-17(23)27-9-15-20-10-24(26-15)13-8-11(18)5-6-12(13)19/h3-8,10,15H,2,9H2,1H3. The molecule has 2 aromatic heterocycles. The lowest BCUT2D eigenvalue weighted by Gasteiger charge is -2.16. The van der Waals surface area contributed by atoms with Crippen LogP contribution < -0.4 is 5.06 Å². The molecule has 1 unspecified atom stereocenters. The quantitative estimate of drug-likeness (QED) is 0.569. The second kappa shape index (κ2) is 7.71. The van der Waals surface area contributed by atoms with Crippen LogP contribution in [0.1, 0.15) is 6.92 Å². The topological polar surface area (TPSA) is 68.7 Å². The molecule has 10 heteroatoms. The molecule has 1 atom stereocenters. The number of hydrogen-bond donors (Lipinski definition) is 0. The molecule has 1 aromatic carbocycles. The first kappa shape index (κ1) is 18.0. The lowest BCUT2D eigenvalue weighted by Crippen LogP contribution is -2.22. The zero-order chi connectivity index (χ0) is 18.8. The van der Waals surface area contributed by atoms with Crippen LogP contribution in [0.25, 0.3) is 11.6 Å². The van der Waals surface area contributed by atoms with Crippen molar-refractivity contribution in [2.24, 2.45) is 4.99 Å². The van der Waals surface area contributed by atoms with Crippen LogP contribution in [0, 0.1) is 5.82 Å². The molecule has 0 saturated heterocycles. The third-order valence-corrected chi connectivity index (χ3v) is 5.10. The minimum absolute atomic E-state index is 0.218. The Kier molecular flexibility index (Phi) is 5.15. The van der Waals surface area contributed by atoms with Crippen LogP contribution in [0.2, 0.25) is 5.02 Å². The third-order valence-electron chi connectivity index (χ3n) is 3.85. The molecule has 140 valence electrons. The lowest BCUT2D eigenvalue weighted by molar-refractivity contribution is 0.103. The SMILES string of the molecule is CCn1c(SCC2N=CN(c3cc(Cl)ccc3F)O2)nnc1-c1ccco1. The second-order valence-electron chi connectivity index (χ2n) is 5.58. The summed E-state index contributed by atoms with van der Waals surface area (Å²) in [5.41, 5.74) is 0.218. The zero-order valence-corrected chi connectivity index (χ0v) is 15.8. The fraction of sp³-hybridized carbons (Fsp3) is 0.235. The van der Waals surface area contributed by atoms with Gasteiger partial charge in [-0.2, -0.15) is 0 Å². The van der Waals surface area contributed by atoms with Crippen molar-refractivity contribution in [2.75, 3.05) is 10.8 Å². The van der Waals surface area contributed by atoms with Gasteiger partial charge in [-0.15, -0.1) is 10.2 Å². The minimum Gasteiger partial charge on any atom is -0.461 e. The monoisotopic (exact) mass is 407 g/mol. The lowest BCUT2D eigenvalue weighted by atomic mass is 10.3. The Labute approximate surface area is 163 Å². The first-order valence-corrected chi connectivity index (χ1v) is 9.56. The van der Waals surface area contributed by atoms with E-state index in [4.69, 9.17) is 20.9 Å². The van der Waals surface area contributed by atoms with E-state index >= 15 is 0 Å². The normalized spacial score (nSPS) is 16.4. The fourth-order valence-corrected chi connectivity index (χ4v) is 3.66. The molecule has 0 radical (unpaired) electrons. The van der Waals surface area contributed by atoms with E-state index in [1.54, 1.807) is 6.26 Å². The summed E-state index contributed by atoms with van der Waals surface area (Å²) in [5.74, 6) is 1.39. The molecule has 1 aliphatic heterocycles. The summed E-state index contributed by atoms with van der Waals surface area (Å²) in [6.07, 6.45) is 2.57. The Balaban J connectivity index is 1.42. The summed E-state index contributed by atoms with van der Waals surface area (Å²) in [6.45, 7) is 2.70. The Bertz CT molecular complexity index is 962. The van der Waals surface area contributed by atoms with Crippen molar-refractivity contribution in [1.29, 1.82) is 0 Å². The molecule has 27 heavy (non-hydrogen) atoms. The number of nitrogens with zero attached hydrogens (tertiary/aromatic N) is 5. The van der Waals surface area contributed by atoms with Gasteiger partial charge in [-0.05, 0) is 37.3 Å². The summed E-state index contributed by atoms with van der Waals surface area (Å²) >= 11 is 7.38. The average molecular weight is 408 g/mol. The zero-order valence-electron chi connectivity index (χ0n) is 14.2. The summed E-state index contributed by atoms with van der Waals surface area (Å²) < 4.78 is 21.3. The van der Waals surface area contributed by atoms with Gasteiger partial charge in [-0.3, -0.25) is 4.57 Å². The summed E-state index contributed by atoms with van der Waals surface area (Å²) in [4.78, 5) is 9.94. The number of aromatic nitrogens is 3. The predicted octanol–water partition coefficient (Wildman–Crippen LogP) is 4.25. The van der Waals surface area contributed by atoms with Crippen molar-refractivity contribution in [3.05, 3.63) is 47.4 Å². The van der Waals surface area contributed by atoms with Gasteiger partial charge in [0.1, 0.15) is 17.8 Å². The summed E-state index contributed by atoms with van der Waals surface area (Å²) in [5, 5.41) is 10.9. The molecule has 0 N–H and O–H groups in total. The minimum atomic E-state index is -0.470. The Morgan fingerprint density at radius 3 is 2.96 bits per heavy atom. The highest BCUT2D eigenvalue weighted by Crippen LogP contribution is 2.29. The molecule has 0 bridgehead atoms. The first-order valence-electron chi connectivity index (χ1n) is 8.20. The van der Waals surface area contributed by atoms with Gasteiger partial charge >= 0.3 is 0 Å². The van der Waals surface area contributed by atoms with E-state index < -0.39 is 12.0 Å². The second-order valence-corrected chi connectivity index (χ2v) is 7.01. The number of furan rings is 1. The highest BCUT2D eigenvalue weighted by molar-refractivity contribution is 7.99. The molecular formula is C17H15ClFN5O2S. The highest BCUT2D eigenvalue weighted by atomic mass is 35.5. The van der Waals surface area contributed by atoms with Crippen LogP contribution >= 0.6 is 23.4 Å². The highest BCUT2D eigenvalue weighted by Gasteiger charge is 2.24. The van der Waals surface area contributed by atoms with Crippen LogP contribution in [-0.4, -0.2) is 33.1 Å². The van der Waals surface area contributed by atoms with Gasteiger partial charge in [0.2, 0.25) is 0 Å². The molecule has 1 aliphatic rings. The molecule has 0 aliphatic carbocycles. The Morgan fingerprint density at radius 2 is 2.19 bits per heavy atom. The number of halogens is 2. The summed E-state index contributed by atoms with van der Waals surface area (Å²) in [6, 6.07) is 7.90. The van der Waals surface area contributed by atoms with E-state index in [2.05, 4.69) is 15.2 Å². The van der Waals surface area contributed by atoms with Gasteiger partial charge in [-0.25, -0.2) is 19.3 Å². The first-order chi connectivity index (χ1) is 13.2. The fourth-order valence-electron chi connectivity index (χ4n) is 2.58. The van der Waals surface area contributed by atoms with Crippen molar-refractivity contribution in [3.8, 4) is 11.6 Å². The van der Waals surface area contributed by atoms with E-state index in [1.165, 1.54) is 41.4 Å². The molecule has 0 fully saturated rings. The van der Waals surface area contributed by atoms with Crippen LogP contribution in [0.5, 0.6) is 0 Å². The van der Waals surface area contributed by atoms with Gasteiger partial charge in [0.15, 0.2) is 23.0 Å². The van der Waals surface area contributed by atoms with Crippen LogP contribution in [-0.2, 0) is 11.4 Å². The van der Waals surface area contributed by atoms with Gasteiger partial charge < -0.3 is 4.42 Å². The van der Waals surface area contributed by atoms with E-state index in [-0.39, 0.29) is 5.69 Å². The maximum Gasteiger partial charge on any atom is 0.200 e. The van der Waals surface area contributed by atoms with Crippen LogP contribution in [0.4, 0.5) is 10.1 Å². The molecule has 0 spiro atoms. The molecule has 7 nitrogen and oxygen atoms in total. The average Bonchev–Trinajstić information content (AvgIpc) is 3.41. The number of hydrogen-bond acceptors (Lipinski definition) is 7. The predicted molar refractivity (Wildman–Crippen MR) is 101 cm³/mol. The van der Waals surface area contributed by atoms with Gasteiger partial charge in [0.05, 0.1) is 12.0 Å². The van der Waals surface area contributed by atoms with Gasteiger partial charge in [0.25, 0.3) is 0 Å². The van der Waals surface area contributed by atoms with E-state index in [0.717, 1.165) is 5.16 Å². The van der Waals surface area contributed by atoms with Crippen molar-refractivity contribution in [2.45, 2.75) is 24.9 Å². The van der Waals surface area contributed by atoms with E-state index in [0.29, 0.717) is 28.9 Å². The molecule has 4 rings (SSSR count). The molecule has 0 saturated carbocycles. The number of rotatable bonds is 6. The molecule has 3 heterocycles. The third kappa shape index (κ3) is 3.71. The van der Waals surface area contributed by atoms with Crippen molar-refractivity contribution in [1.82, 2.24) is 14.8 Å². The Morgan fingerprint density at radius 1 is 1.30 bits per heavy atom. The van der Waals surface area contributed by atoms with E-state index in [9.17, 15) is 4.39 Å². The van der Waals surface area contributed by atoms with E-state index in [1.807, 2.05) is 23.6 Å². The maximum atomic E-state index is 14.0. The van der Waals surface area contributed by atoms with Crippen molar-refractivity contribution < 1.29 is 13.6 Å². The molecule has 0 amide bonds. The van der Waals surface area contributed by atoms with Crippen molar-refractivity contribution in [3.63, 3.8) is 0 Å².